The molecule has 0 fully saturated rings. The summed E-state index contributed by atoms with van der Waals surface area (Å²) in [5.74, 6) is 0.588. The Morgan fingerprint density at radius 1 is 1.35 bits per heavy atom. The minimum absolute atomic E-state index is 0.108. The monoisotopic (exact) mass is 290 g/mol. The average Bonchev–Trinajstić information content (AvgIpc) is 2.42. The highest BCUT2D eigenvalue weighted by Crippen LogP contribution is 2.35. The van der Waals surface area contributed by atoms with Crippen LogP contribution in [0.2, 0.25) is 0 Å². The van der Waals surface area contributed by atoms with E-state index >= 15 is 0 Å². The average molecular weight is 290 g/mol. The van der Waals surface area contributed by atoms with E-state index in [-0.39, 0.29) is 12.6 Å². The van der Waals surface area contributed by atoms with Crippen molar-refractivity contribution in [3.8, 4) is 5.75 Å². The molecule has 114 valence electrons. The number of halogens is 3. The molecular formula is C14H21F3N2O. The van der Waals surface area contributed by atoms with Crippen LogP contribution in [0.5, 0.6) is 5.75 Å². The molecule has 0 aliphatic rings. The molecule has 0 heterocycles. The second kappa shape index (κ2) is 6.83. The Labute approximate surface area is 117 Å². The number of methoxy groups -OCH3 is 1. The number of anilines is 1. The molecular weight excluding hydrogens is 269 g/mol. The van der Waals surface area contributed by atoms with Gasteiger partial charge in [0, 0.05) is 23.8 Å². The third kappa shape index (κ3) is 4.03. The second-order valence-electron chi connectivity index (χ2n) is 4.53. The number of benzene rings is 1. The van der Waals surface area contributed by atoms with Gasteiger partial charge >= 0.3 is 6.18 Å². The van der Waals surface area contributed by atoms with Gasteiger partial charge in [-0.05, 0) is 33.0 Å². The van der Waals surface area contributed by atoms with Crippen molar-refractivity contribution >= 4 is 5.69 Å². The van der Waals surface area contributed by atoms with Crippen molar-refractivity contribution < 1.29 is 17.9 Å². The molecule has 0 aliphatic heterocycles. The molecule has 20 heavy (non-hydrogen) atoms. The maximum atomic E-state index is 12.7. The minimum Gasteiger partial charge on any atom is -0.496 e. The summed E-state index contributed by atoms with van der Waals surface area (Å²) in [7, 11) is 3.28. The fourth-order valence-corrected chi connectivity index (χ4v) is 2.15. The summed E-state index contributed by atoms with van der Waals surface area (Å²) in [5.41, 5.74) is 1.29. The molecule has 0 saturated carbocycles. The lowest BCUT2D eigenvalue weighted by molar-refractivity contribution is -0.119. The fraction of sp³-hybridized carbons (Fsp3) is 0.571. The Kier molecular flexibility index (Phi) is 5.68. The molecule has 1 unspecified atom stereocenters. The fourth-order valence-electron chi connectivity index (χ4n) is 2.15. The molecule has 0 bridgehead atoms. The third-order valence-electron chi connectivity index (χ3n) is 3.22. The highest BCUT2D eigenvalue weighted by Gasteiger charge is 2.32. The van der Waals surface area contributed by atoms with Gasteiger partial charge in [0.1, 0.15) is 12.3 Å². The number of alkyl halides is 3. The Morgan fingerprint density at radius 3 is 2.45 bits per heavy atom. The van der Waals surface area contributed by atoms with Gasteiger partial charge in [0.25, 0.3) is 0 Å². The van der Waals surface area contributed by atoms with Crippen LogP contribution in [0.1, 0.15) is 25.5 Å². The van der Waals surface area contributed by atoms with Crippen LogP contribution in [0.15, 0.2) is 18.2 Å². The molecule has 1 aromatic carbocycles. The van der Waals surface area contributed by atoms with Crippen molar-refractivity contribution in [3.63, 3.8) is 0 Å². The van der Waals surface area contributed by atoms with E-state index in [0.29, 0.717) is 11.4 Å². The van der Waals surface area contributed by atoms with Gasteiger partial charge in [-0.15, -0.1) is 0 Å². The summed E-state index contributed by atoms with van der Waals surface area (Å²) in [6, 6.07) is 5.05. The van der Waals surface area contributed by atoms with Crippen LogP contribution in [0.3, 0.4) is 0 Å². The summed E-state index contributed by atoms with van der Waals surface area (Å²) in [5, 5.41) is 3.05. The molecule has 6 heteroatoms. The van der Waals surface area contributed by atoms with Gasteiger partial charge in [0.2, 0.25) is 0 Å². The van der Waals surface area contributed by atoms with Crippen molar-refractivity contribution in [1.29, 1.82) is 0 Å². The Morgan fingerprint density at radius 2 is 2.00 bits per heavy atom. The van der Waals surface area contributed by atoms with Crippen molar-refractivity contribution in [2.45, 2.75) is 26.1 Å². The van der Waals surface area contributed by atoms with Crippen molar-refractivity contribution in [2.24, 2.45) is 0 Å². The molecule has 1 N–H and O–H groups in total. The molecule has 0 aliphatic carbocycles. The molecule has 0 radical (unpaired) electrons. The van der Waals surface area contributed by atoms with Crippen LogP contribution < -0.4 is 15.0 Å². The highest BCUT2D eigenvalue weighted by molar-refractivity contribution is 5.61. The first-order valence-corrected chi connectivity index (χ1v) is 6.49. The van der Waals surface area contributed by atoms with E-state index in [2.05, 4.69) is 5.32 Å². The number of rotatable bonds is 6. The number of nitrogens with one attached hydrogen (secondary N) is 1. The Balaban J connectivity index is 3.27. The van der Waals surface area contributed by atoms with Crippen LogP contribution >= 0.6 is 0 Å². The zero-order valence-corrected chi connectivity index (χ0v) is 12.2. The summed E-state index contributed by atoms with van der Waals surface area (Å²) in [6.45, 7) is 2.90. The predicted molar refractivity (Wildman–Crippen MR) is 74.4 cm³/mol. The molecule has 3 nitrogen and oxygen atoms in total. The Bertz CT molecular complexity index is 435. The number of ether oxygens (including phenoxy) is 1. The van der Waals surface area contributed by atoms with Gasteiger partial charge < -0.3 is 15.0 Å². The molecule has 0 aromatic heterocycles. The van der Waals surface area contributed by atoms with Crippen LogP contribution in [0.25, 0.3) is 0 Å². The van der Waals surface area contributed by atoms with E-state index in [1.165, 1.54) is 12.0 Å². The SMILES string of the molecule is CCN(CC(F)(F)F)c1cccc(OC)c1C(C)NC. The van der Waals surface area contributed by atoms with E-state index in [0.717, 1.165) is 5.56 Å². The van der Waals surface area contributed by atoms with Gasteiger partial charge in [0.15, 0.2) is 0 Å². The number of nitrogens with zero attached hydrogens (tertiary/aromatic N) is 1. The first-order chi connectivity index (χ1) is 9.34. The van der Waals surface area contributed by atoms with E-state index in [1.54, 1.807) is 32.2 Å². The molecule has 1 atom stereocenters. The van der Waals surface area contributed by atoms with E-state index in [9.17, 15) is 13.2 Å². The van der Waals surface area contributed by atoms with Crippen molar-refractivity contribution in [1.82, 2.24) is 5.32 Å². The van der Waals surface area contributed by atoms with Crippen LogP contribution in [-0.4, -0.2) is 33.4 Å². The van der Waals surface area contributed by atoms with Crippen molar-refractivity contribution in [3.05, 3.63) is 23.8 Å². The summed E-state index contributed by atoms with van der Waals surface area (Å²) < 4.78 is 43.3. The van der Waals surface area contributed by atoms with Crippen LogP contribution in [0, 0.1) is 0 Å². The van der Waals surface area contributed by atoms with Gasteiger partial charge in [-0.1, -0.05) is 6.07 Å². The molecule has 0 amide bonds. The highest BCUT2D eigenvalue weighted by atomic mass is 19.4. The molecule has 1 aromatic rings. The molecule has 0 spiro atoms. The predicted octanol–water partition coefficient (Wildman–Crippen LogP) is 3.36. The molecule has 0 saturated heterocycles. The lowest BCUT2D eigenvalue weighted by Gasteiger charge is -2.29. The maximum absolute atomic E-state index is 12.7. The topological polar surface area (TPSA) is 24.5 Å². The van der Waals surface area contributed by atoms with Gasteiger partial charge in [-0.3, -0.25) is 0 Å². The largest absolute Gasteiger partial charge is 0.496 e. The van der Waals surface area contributed by atoms with E-state index in [1.807, 2.05) is 6.92 Å². The van der Waals surface area contributed by atoms with E-state index < -0.39 is 12.7 Å². The van der Waals surface area contributed by atoms with Crippen LogP contribution in [0.4, 0.5) is 18.9 Å². The first-order valence-electron chi connectivity index (χ1n) is 6.49. The lowest BCUT2D eigenvalue weighted by Crippen LogP contribution is -2.35. The summed E-state index contributed by atoms with van der Waals surface area (Å²) >= 11 is 0. The van der Waals surface area contributed by atoms with Gasteiger partial charge in [-0.2, -0.15) is 13.2 Å². The summed E-state index contributed by atoms with van der Waals surface area (Å²) in [6.07, 6.45) is -4.24. The zero-order chi connectivity index (χ0) is 15.3. The summed E-state index contributed by atoms with van der Waals surface area (Å²) in [4.78, 5) is 1.31. The number of hydrogen-bond acceptors (Lipinski definition) is 3. The van der Waals surface area contributed by atoms with Crippen molar-refractivity contribution in [2.75, 3.05) is 32.1 Å². The lowest BCUT2D eigenvalue weighted by atomic mass is 10.0. The van der Waals surface area contributed by atoms with E-state index in [4.69, 9.17) is 4.74 Å². The minimum atomic E-state index is -4.24. The zero-order valence-electron chi connectivity index (χ0n) is 12.2. The van der Waals surface area contributed by atoms with Gasteiger partial charge in [0.05, 0.1) is 7.11 Å². The van der Waals surface area contributed by atoms with Crippen LogP contribution in [-0.2, 0) is 0 Å². The number of hydrogen-bond donors (Lipinski definition) is 1. The quantitative estimate of drug-likeness (QED) is 0.869. The third-order valence-corrected chi connectivity index (χ3v) is 3.22. The normalized spacial score (nSPS) is 13.2. The Hall–Kier alpha value is -1.43. The molecule has 1 rings (SSSR count). The smallest absolute Gasteiger partial charge is 0.405 e. The maximum Gasteiger partial charge on any atom is 0.405 e. The standard InChI is InChI=1S/C14H21F3N2O/c1-5-19(9-14(15,16)17)11-7-6-8-12(20-4)13(11)10(2)18-3/h6-8,10,18H,5,9H2,1-4H3. The first kappa shape index (κ1) is 16.6. The second-order valence-corrected chi connectivity index (χ2v) is 4.53. The van der Waals surface area contributed by atoms with Gasteiger partial charge in [-0.25, -0.2) is 0 Å².